The predicted molar refractivity (Wildman–Crippen MR) is 67.9 cm³/mol. The van der Waals surface area contributed by atoms with Crippen LogP contribution in [0.1, 0.15) is 33.6 Å². The topological polar surface area (TPSA) is 107 Å². The van der Waals surface area contributed by atoms with Crippen molar-refractivity contribution < 1.29 is 14.6 Å². The Balaban J connectivity index is 0.000000360. The molecule has 2 unspecified atom stereocenters. The first kappa shape index (κ1) is 16.7. The first-order chi connectivity index (χ1) is 8.40. The largest absolute Gasteiger partial charge is 0.462 e. The second-order valence-corrected chi connectivity index (χ2v) is 4.99. The molecule has 0 radical (unpaired) electrons. The van der Waals surface area contributed by atoms with E-state index in [2.05, 4.69) is 20.1 Å². The number of ether oxygens (including phenoxy) is 1. The molecule has 1 heterocycles. The third-order valence-electron chi connectivity index (χ3n) is 2.28. The number of nitrogens with one attached hydrogen (secondary N) is 1. The number of nitrogens with zero attached hydrogens (tertiary/aromatic N) is 3. The van der Waals surface area contributed by atoms with Crippen LogP contribution in [0.25, 0.3) is 10.4 Å². The van der Waals surface area contributed by atoms with Crippen molar-refractivity contribution in [1.29, 1.82) is 0 Å². The summed E-state index contributed by atoms with van der Waals surface area (Å²) in [5.74, 6) is 0. The molecule has 1 aliphatic rings. The van der Waals surface area contributed by atoms with Crippen LogP contribution in [0, 0.1) is 0 Å². The molecule has 0 aliphatic carbocycles. The first-order valence-electron chi connectivity index (χ1n) is 5.95. The molecule has 1 rings (SSSR count). The summed E-state index contributed by atoms with van der Waals surface area (Å²) < 4.78 is 4.55. The molecule has 104 valence electrons. The molecule has 1 saturated heterocycles. The highest BCUT2D eigenvalue weighted by Gasteiger charge is 2.19. The van der Waals surface area contributed by atoms with Crippen LogP contribution in [-0.2, 0) is 9.53 Å². The lowest BCUT2D eigenvalue weighted by Crippen LogP contribution is -2.22. The van der Waals surface area contributed by atoms with Crippen molar-refractivity contribution in [2.45, 2.75) is 51.4 Å². The molecule has 7 heteroatoms. The van der Waals surface area contributed by atoms with Crippen LogP contribution in [0.4, 0.5) is 0 Å². The second-order valence-electron chi connectivity index (χ2n) is 4.99. The molecule has 7 nitrogen and oxygen atoms in total. The summed E-state index contributed by atoms with van der Waals surface area (Å²) in [5, 5.41) is 16.0. The molecule has 2 N–H and O–H groups in total. The number of hydrogen-bond donors (Lipinski definition) is 2. The van der Waals surface area contributed by atoms with Crippen molar-refractivity contribution in [3.8, 4) is 0 Å². The average Bonchev–Trinajstić information content (AvgIpc) is 2.44. The molecule has 0 amide bonds. The van der Waals surface area contributed by atoms with E-state index in [4.69, 9.17) is 5.53 Å². The average molecular weight is 258 g/mol. The van der Waals surface area contributed by atoms with E-state index in [0.29, 0.717) is 12.9 Å². The van der Waals surface area contributed by atoms with Crippen molar-refractivity contribution in [2.75, 3.05) is 13.1 Å². The summed E-state index contributed by atoms with van der Waals surface area (Å²) in [5.41, 5.74) is 7.84. The third kappa shape index (κ3) is 8.81. The van der Waals surface area contributed by atoms with Crippen molar-refractivity contribution in [3.63, 3.8) is 0 Å². The van der Waals surface area contributed by atoms with E-state index in [9.17, 15) is 9.90 Å². The SMILES string of the molecule is CC(C)(C)OC=O.[N-]=[N+]=NC1CCNCCC1O. The van der Waals surface area contributed by atoms with Crippen molar-refractivity contribution in [2.24, 2.45) is 5.11 Å². The van der Waals surface area contributed by atoms with Gasteiger partial charge in [0, 0.05) is 4.91 Å². The minimum atomic E-state index is -0.471. The van der Waals surface area contributed by atoms with Crippen LogP contribution >= 0.6 is 0 Å². The number of aliphatic hydroxyl groups is 1. The number of rotatable bonds is 2. The standard InChI is InChI=1S/C6H12N4O.C5H10O2/c7-10-9-5-1-3-8-4-2-6(5)11;1-5(2,3)7-4-6/h5-6,8,11H,1-4H2;4H,1-3H3. The normalized spacial score (nSPS) is 23.8. The lowest BCUT2D eigenvalue weighted by molar-refractivity contribution is -0.138. The Morgan fingerprint density at radius 1 is 1.44 bits per heavy atom. The molecule has 0 spiro atoms. The number of carbonyl (C=O) groups is 1. The molecule has 1 aliphatic heterocycles. The fourth-order valence-corrected chi connectivity index (χ4v) is 1.36. The summed E-state index contributed by atoms with van der Waals surface area (Å²) in [6.07, 6.45) is 0.926. The van der Waals surface area contributed by atoms with Gasteiger partial charge in [-0.05, 0) is 52.2 Å². The van der Waals surface area contributed by atoms with Gasteiger partial charge < -0.3 is 15.2 Å². The van der Waals surface area contributed by atoms with Gasteiger partial charge in [-0.15, -0.1) is 0 Å². The highest BCUT2D eigenvalue weighted by molar-refractivity contribution is 5.37. The van der Waals surface area contributed by atoms with E-state index < -0.39 is 6.10 Å². The summed E-state index contributed by atoms with van der Waals surface area (Å²) in [4.78, 5) is 12.3. The van der Waals surface area contributed by atoms with Crippen LogP contribution in [0.15, 0.2) is 5.11 Å². The predicted octanol–water partition coefficient (Wildman–Crippen LogP) is 1.37. The van der Waals surface area contributed by atoms with E-state index in [-0.39, 0.29) is 11.6 Å². The Morgan fingerprint density at radius 3 is 2.50 bits per heavy atom. The maximum Gasteiger partial charge on any atom is 0.293 e. The zero-order valence-corrected chi connectivity index (χ0v) is 11.2. The van der Waals surface area contributed by atoms with Crippen LogP contribution in [0.3, 0.4) is 0 Å². The molecular weight excluding hydrogens is 236 g/mol. The maximum absolute atomic E-state index is 9.60. The third-order valence-corrected chi connectivity index (χ3v) is 2.28. The maximum atomic E-state index is 9.60. The minimum Gasteiger partial charge on any atom is -0.462 e. The van der Waals surface area contributed by atoms with Gasteiger partial charge in [0.05, 0.1) is 12.1 Å². The molecule has 1 fully saturated rings. The Kier molecular flexibility index (Phi) is 8.11. The quantitative estimate of drug-likeness (QED) is 0.337. The lowest BCUT2D eigenvalue weighted by atomic mass is 10.1. The highest BCUT2D eigenvalue weighted by Crippen LogP contribution is 2.10. The molecule has 0 saturated carbocycles. The smallest absolute Gasteiger partial charge is 0.293 e. The van der Waals surface area contributed by atoms with Gasteiger partial charge in [-0.25, -0.2) is 0 Å². The van der Waals surface area contributed by atoms with Crippen LogP contribution in [0.2, 0.25) is 0 Å². The Morgan fingerprint density at radius 2 is 2.06 bits per heavy atom. The van der Waals surface area contributed by atoms with Crippen molar-refractivity contribution >= 4 is 6.47 Å². The zero-order chi connectivity index (χ0) is 14.0. The second kappa shape index (κ2) is 8.74. The van der Waals surface area contributed by atoms with Gasteiger partial charge in [0.25, 0.3) is 6.47 Å². The Hall–Kier alpha value is -1.30. The number of aliphatic hydroxyl groups excluding tert-OH is 1. The van der Waals surface area contributed by atoms with Gasteiger partial charge in [0.1, 0.15) is 5.60 Å². The fraction of sp³-hybridized carbons (Fsp3) is 0.909. The number of hydrogen-bond acceptors (Lipinski definition) is 5. The summed E-state index contributed by atoms with van der Waals surface area (Å²) in [7, 11) is 0. The molecule has 0 aromatic heterocycles. The van der Waals surface area contributed by atoms with Gasteiger partial charge in [-0.1, -0.05) is 5.11 Å². The van der Waals surface area contributed by atoms with Gasteiger partial charge >= 0.3 is 0 Å². The molecule has 0 aromatic carbocycles. The number of azide groups is 1. The van der Waals surface area contributed by atoms with E-state index in [1.54, 1.807) is 0 Å². The number of carbonyl (C=O) groups excluding carboxylic acids is 1. The van der Waals surface area contributed by atoms with E-state index in [1.165, 1.54) is 0 Å². The fourth-order valence-electron chi connectivity index (χ4n) is 1.36. The molecule has 0 bridgehead atoms. The van der Waals surface area contributed by atoms with E-state index in [0.717, 1.165) is 19.5 Å². The van der Waals surface area contributed by atoms with Gasteiger partial charge in [-0.2, -0.15) is 0 Å². The summed E-state index contributed by atoms with van der Waals surface area (Å²) in [6, 6.07) is -0.241. The van der Waals surface area contributed by atoms with Crippen LogP contribution < -0.4 is 5.32 Å². The van der Waals surface area contributed by atoms with Crippen LogP contribution in [-0.4, -0.2) is 42.4 Å². The molecule has 2 atom stereocenters. The van der Waals surface area contributed by atoms with Crippen molar-refractivity contribution in [3.05, 3.63) is 10.4 Å². The molecule has 0 aromatic rings. The first-order valence-corrected chi connectivity index (χ1v) is 5.95. The van der Waals surface area contributed by atoms with Gasteiger partial charge in [0.15, 0.2) is 0 Å². The highest BCUT2D eigenvalue weighted by atomic mass is 16.5. The van der Waals surface area contributed by atoms with E-state index >= 15 is 0 Å². The summed E-state index contributed by atoms with van der Waals surface area (Å²) in [6.45, 7) is 7.55. The van der Waals surface area contributed by atoms with Crippen molar-refractivity contribution in [1.82, 2.24) is 5.32 Å². The molecule has 18 heavy (non-hydrogen) atoms. The summed E-state index contributed by atoms with van der Waals surface area (Å²) >= 11 is 0. The Bertz CT molecular complexity index is 285. The minimum absolute atomic E-state index is 0.241. The van der Waals surface area contributed by atoms with E-state index in [1.807, 2.05) is 20.8 Å². The molecular formula is C11H22N4O3. The van der Waals surface area contributed by atoms with Gasteiger partial charge in [-0.3, -0.25) is 4.79 Å². The van der Waals surface area contributed by atoms with Gasteiger partial charge in [0.2, 0.25) is 0 Å². The Labute approximate surface area is 107 Å². The van der Waals surface area contributed by atoms with Crippen LogP contribution in [0.5, 0.6) is 0 Å². The monoisotopic (exact) mass is 258 g/mol. The zero-order valence-electron chi connectivity index (χ0n) is 11.2. The lowest BCUT2D eigenvalue weighted by Gasteiger charge is -2.14.